The van der Waals surface area contributed by atoms with Crippen LogP contribution in [0.5, 0.6) is 0 Å². The summed E-state index contributed by atoms with van der Waals surface area (Å²) in [6, 6.07) is 25.5. The number of nitrogens with zero attached hydrogens (tertiary/aromatic N) is 2. The first-order valence-electron chi connectivity index (χ1n) is 13.5. The predicted molar refractivity (Wildman–Crippen MR) is 166 cm³/mol. The number of ether oxygens (including phenoxy) is 1. The number of rotatable bonds is 12. The fourth-order valence-electron chi connectivity index (χ4n) is 5.10. The summed E-state index contributed by atoms with van der Waals surface area (Å²) in [5, 5.41) is 14.4. The maximum Gasteiger partial charge on any atom is 0.407 e. The maximum atomic E-state index is 13.0. The Kier molecular flexibility index (Phi) is 9.12. The van der Waals surface area contributed by atoms with E-state index in [1.54, 1.807) is 12.1 Å². The number of hydrogen-bond donors (Lipinski definition) is 2. The summed E-state index contributed by atoms with van der Waals surface area (Å²) in [5.41, 5.74) is 4.67. The average Bonchev–Trinajstić information content (AvgIpc) is 3.35. The van der Waals surface area contributed by atoms with Gasteiger partial charge in [-0.1, -0.05) is 60.7 Å². The lowest BCUT2D eigenvalue weighted by Gasteiger charge is -2.19. The van der Waals surface area contributed by atoms with E-state index in [9.17, 15) is 28.1 Å². The molecule has 0 heterocycles. The van der Waals surface area contributed by atoms with E-state index < -0.39 is 31.6 Å². The normalized spacial score (nSPS) is 12.1. The van der Waals surface area contributed by atoms with Gasteiger partial charge in [0.05, 0.1) is 10.6 Å². The third-order valence-corrected chi connectivity index (χ3v) is 8.95. The van der Waals surface area contributed by atoms with Gasteiger partial charge in [0.1, 0.15) is 6.61 Å². The molecule has 0 bridgehead atoms. The van der Waals surface area contributed by atoms with Gasteiger partial charge in [0, 0.05) is 36.6 Å². The van der Waals surface area contributed by atoms with E-state index in [1.807, 2.05) is 48.5 Å². The van der Waals surface area contributed by atoms with Crippen LogP contribution in [0.3, 0.4) is 0 Å². The van der Waals surface area contributed by atoms with Crippen LogP contribution in [0.15, 0.2) is 95.9 Å². The number of carbonyl (C=O) groups excluding carboxylic acids is 2. The number of hydrogen-bond acceptors (Lipinski definition) is 7. The van der Waals surface area contributed by atoms with Gasteiger partial charge >= 0.3 is 6.09 Å². The van der Waals surface area contributed by atoms with Crippen LogP contribution >= 0.6 is 11.6 Å². The largest absolute Gasteiger partial charge is 0.449 e. The minimum Gasteiger partial charge on any atom is -0.449 e. The second-order valence-corrected chi connectivity index (χ2v) is 11.8. The monoisotopic (exact) mass is 634 g/mol. The average molecular weight is 635 g/mol. The Hall–Kier alpha value is -4.94. The van der Waals surface area contributed by atoms with Crippen molar-refractivity contribution in [3.05, 3.63) is 118 Å². The fraction of sp³-hybridized carbons (Fsp3) is 0.161. The first-order valence-corrected chi connectivity index (χ1v) is 15.5. The lowest BCUT2D eigenvalue weighted by molar-refractivity contribution is -0.387. The smallest absolute Gasteiger partial charge is 0.407 e. The summed E-state index contributed by atoms with van der Waals surface area (Å²) >= 11 is 5.76. The minimum absolute atomic E-state index is 0.0247. The molecule has 44 heavy (non-hydrogen) atoms. The molecule has 0 unspecified atom stereocenters. The lowest BCUT2D eigenvalue weighted by atomic mass is 9.98. The third kappa shape index (κ3) is 6.51. The van der Waals surface area contributed by atoms with Crippen molar-refractivity contribution in [3.8, 4) is 11.1 Å². The number of fused-ring (bicyclic) bond motifs is 3. The number of anilines is 2. The zero-order chi connectivity index (χ0) is 31.3. The second-order valence-electron chi connectivity index (χ2n) is 9.90. The zero-order valence-electron chi connectivity index (χ0n) is 23.2. The van der Waals surface area contributed by atoms with Crippen LogP contribution in [0.1, 0.15) is 22.6 Å². The van der Waals surface area contributed by atoms with E-state index in [1.165, 1.54) is 18.2 Å². The molecule has 0 fully saturated rings. The van der Waals surface area contributed by atoms with E-state index >= 15 is 0 Å². The number of carbonyl (C=O) groups is 2. The highest BCUT2D eigenvalue weighted by Crippen LogP contribution is 2.44. The van der Waals surface area contributed by atoms with Crippen LogP contribution in [0.25, 0.3) is 11.1 Å². The molecule has 11 nitrogen and oxygen atoms in total. The third-order valence-electron chi connectivity index (χ3n) is 7.21. The molecule has 0 spiro atoms. The van der Waals surface area contributed by atoms with Gasteiger partial charge < -0.3 is 15.0 Å². The van der Waals surface area contributed by atoms with Crippen LogP contribution in [-0.4, -0.2) is 45.5 Å². The highest BCUT2D eigenvalue weighted by Gasteiger charge is 2.29. The van der Waals surface area contributed by atoms with Crippen LogP contribution in [0.2, 0.25) is 0 Å². The first-order chi connectivity index (χ1) is 21.2. The summed E-state index contributed by atoms with van der Waals surface area (Å²) in [4.78, 5) is 35.9. The summed E-state index contributed by atoms with van der Waals surface area (Å²) < 4.78 is 33.8. The molecule has 1 aliphatic rings. The maximum absolute atomic E-state index is 13.0. The SMILES string of the molecule is O=CN(CCNC(=O)OCC1c2ccccc2-c2ccccc21)c1ccc(S(=O)(=O)Nc2ccc(CCl)cc2)c([N+](=O)[O-])c1. The molecule has 5 rings (SSSR count). The van der Waals surface area contributed by atoms with Crippen LogP contribution in [0.4, 0.5) is 21.9 Å². The number of halogens is 1. The summed E-state index contributed by atoms with van der Waals surface area (Å²) in [7, 11) is -4.34. The minimum atomic E-state index is -4.34. The van der Waals surface area contributed by atoms with Gasteiger partial charge in [0.25, 0.3) is 15.7 Å². The summed E-state index contributed by atoms with van der Waals surface area (Å²) in [5.74, 6) is 0.128. The van der Waals surface area contributed by atoms with Gasteiger partial charge in [-0.2, -0.15) is 0 Å². The molecule has 2 N–H and O–H groups in total. The van der Waals surface area contributed by atoms with Crippen molar-refractivity contribution >= 4 is 51.2 Å². The number of nitro groups is 1. The van der Waals surface area contributed by atoms with Gasteiger partial charge in [-0.05, 0) is 52.1 Å². The quantitative estimate of drug-likeness (QED) is 0.0887. The summed E-state index contributed by atoms with van der Waals surface area (Å²) in [6.45, 7) is 0.0372. The van der Waals surface area contributed by atoms with E-state index in [2.05, 4.69) is 10.0 Å². The van der Waals surface area contributed by atoms with Gasteiger partial charge in [0.15, 0.2) is 4.90 Å². The van der Waals surface area contributed by atoms with Gasteiger partial charge in [-0.25, -0.2) is 13.2 Å². The molecule has 13 heteroatoms. The number of nitrogens with one attached hydrogen (secondary N) is 2. The van der Waals surface area contributed by atoms with Crippen molar-refractivity contribution in [3.63, 3.8) is 0 Å². The molecule has 0 aromatic heterocycles. The molecule has 0 atom stereocenters. The van der Waals surface area contributed by atoms with Crippen molar-refractivity contribution in [2.75, 3.05) is 29.3 Å². The predicted octanol–water partition coefficient (Wildman–Crippen LogP) is 5.64. The Balaban J connectivity index is 1.21. The number of benzene rings is 4. The highest BCUT2D eigenvalue weighted by molar-refractivity contribution is 7.92. The molecule has 0 aliphatic heterocycles. The molecule has 0 saturated heterocycles. The van der Waals surface area contributed by atoms with Crippen molar-refractivity contribution in [1.82, 2.24) is 5.32 Å². The van der Waals surface area contributed by atoms with Gasteiger partial charge in [0.2, 0.25) is 6.41 Å². The zero-order valence-corrected chi connectivity index (χ0v) is 24.8. The van der Waals surface area contributed by atoms with Crippen LogP contribution in [-0.2, 0) is 25.4 Å². The van der Waals surface area contributed by atoms with Crippen molar-refractivity contribution < 1.29 is 27.7 Å². The first kappa shape index (κ1) is 30.5. The number of sulfonamides is 1. The van der Waals surface area contributed by atoms with E-state index in [0.717, 1.165) is 44.8 Å². The number of nitro benzene ring substituents is 1. The molecule has 4 aromatic rings. The molecule has 4 aromatic carbocycles. The van der Waals surface area contributed by atoms with Gasteiger partial charge in [-0.3, -0.25) is 19.6 Å². The van der Waals surface area contributed by atoms with Crippen molar-refractivity contribution in [1.29, 1.82) is 0 Å². The number of amides is 2. The number of alkyl halides is 1. The molecule has 226 valence electrons. The Morgan fingerprint density at radius 3 is 2.20 bits per heavy atom. The Bertz CT molecular complexity index is 1770. The standard InChI is InChI=1S/C31H27ClN4O7S/c32-18-21-9-11-22(12-10-21)34-44(41,42)30-14-13-23(17-29(30)36(39)40)35(20-37)16-15-33-31(38)43-19-28-26-7-3-1-5-24(26)25-6-2-4-8-27(25)28/h1-14,17,20,28,34H,15-16,18-19H2,(H,33,38). The Morgan fingerprint density at radius 1 is 0.977 bits per heavy atom. The van der Waals surface area contributed by atoms with Crippen molar-refractivity contribution in [2.45, 2.75) is 16.7 Å². The molecular formula is C31H27ClN4O7S. The van der Waals surface area contributed by atoms with E-state index in [-0.39, 0.29) is 42.9 Å². The Morgan fingerprint density at radius 2 is 1.61 bits per heavy atom. The van der Waals surface area contributed by atoms with Crippen LogP contribution < -0.4 is 14.9 Å². The van der Waals surface area contributed by atoms with Gasteiger partial charge in [-0.15, -0.1) is 11.6 Å². The molecule has 1 aliphatic carbocycles. The Labute approximate surface area is 258 Å². The molecule has 2 amide bonds. The van der Waals surface area contributed by atoms with Crippen LogP contribution in [0, 0.1) is 10.1 Å². The second kappa shape index (κ2) is 13.1. The summed E-state index contributed by atoms with van der Waals surface area (Å²) in [6.07, 6.45) is -0.251. The number of alkyl carbamates (subject to hydrolysis) is 1. The molecule has 0 saturated carbocycles. The van der Waals surface area contributed by atoms with Crippen molar-refractivity contribution in [2.24, 2.45) is 0 Å². The van der Waals surface area contributed by atoms with E-state index in [4.69, 9.17) is 16.3 Å². The topological polar surface area (TPSA) is 148 Å². The highest BCUT2D eigenvalue weighted by atomic mass is 35.5. The fourth-order valence-corrected chi connectivity index (χ4v) is 6.49. The molecule has 0 radical (unpaired) electrons. The molecular weight excluding hydrogens is 608 g/mol. The lowest BCUT2D eigenvalue weighted by Crippen LogP contribution is -2.35. The van der Waals surface area contributed by atoms with E-state index in [0.29, 0.717) is 6.41 Å².